The third-order valence-corrected chi connectivity index (χ3v) is 4.42. The quantitative estimate of drug-likeness (QED) is 0.732. The fourth-order valence-electron chi connectivity index (χ4n) is 3.09. The first kappa shape index (κ1) is 17.9. The van der Waals surface area contributed by atoms with Crippen molar-refractivity contribution >= 4 is 11.1 Å². The lowest BCUT2D eigenvalue weighted by atomic mass is 9.86. The van der Waals surface area contributed by atoms with Crippen molar-refractivity contribution in [2.45, 2.75) is 40.5 Å². The van der Waals surface area contributed by atoms with E-state index >= 15 is 0 Å². The molecule has 0 atom stereocenters. The van der Waals surface area contributed by atoms with Gasteiger partial charge >= 0.3 is 0 Å². The van der Waals surface area contributed by atoms with E-state index < -0.39 is 0 Å². The van der Waals surface area contributed by atoms with E-state index in [4.69, 9.17) is 0 Å². The molecule has 0 spiro atoms. The lowest BCUT2D eigenvalue weighted by Crippen LogP contribution is -2.02. The number of hydrogen-bond donors (Lipinski definition) is 2. The molecule has 126 valence electrons. The van der Waals surface area contributed by atoms with E-state index in [0.717, 1.165) is 44.5 Å². The molecule has 0 radical (unpaired) electrons. The largest absolute Gasteiger partial charge is 0.507 e. The predicted octanol–water partition coefficient (Wildman–Crippen LogP) is 5.93. The molecule has 0 aliphatic rings. The standard InChI is InChI=1S/C22H26O2/c1-12(2)17-8-14(5)10-19(21(17)23)16(7)20-11-15(6)9-18(13(3)4)22(20)24/h8-11,16,23-24H,1,3H2,2,4-7H3. The summed E-state index contributed by atoms with van der Waals surface area (Å²) in [6, 6.07) is 7.80. The summed E-state index contributed by atoms with van der Waals surface area (Å²) in [4.78, 5) is 0. The van der Waals surface area contributed by atoms with E-state index in [0.29, 0.717) is 0 Å². The van der Waals surface area contributed by atoms with Gasteiger partial charge in [-0.1, -0.05) is 32.2 Å². The van der Waals surface area contributed by atoms with Gasteiger partial charge in [0.15, 0.2) is 0 Å². The molecule has 24 heavy (non-hydrogen) atoms. The fraction of sp³-hybridized carbons (Fsp3) is 0.273. The predicted molar refractivity (Wildman–Crippen MR) is 103 cm³/mol. The van der Waals surface area contributed by atoms with E-state index in [2.05, 4.69) is 13.2 Å². The first-order chi connectivity index (χ1) is 11.1. The molecule has 0 unspecified atom stereocenters. The van der Waals surface area contributed by atoms with Crippen LogP contribution in [0.5, 0.6) is 11.5 Å². The molecule has 0 bridgehead atoms. The van der Waals surface area contributed by atoms with Crippen molar-refractivity contribution in [3.05, 3.63) is 70.8 Å². The highest BCUT2D eigenvalue weighted by molar-refractivity contribution is 5.72. The minimum absolute atomic E-state index is 0.152. The first-order valence-electron chi connectivity index (χ1n) is 8.12. The van der Waals surface area contributed by atoms with Crippen LogP contribution < -0.4 is 0 Å². The van der Waals surface area contributed by atoms with Gasteiger partial charge in [0.1, 0.15) is 11.5 Å². The van der Waals surface area contributed by atoms with Crippen LogP contribution in [0.4, 0.5) is 0 Å². The Bertz CT molecular complexity index is 759. The van der Waals surface area contributed by atoms with Gasteiger partial charge in [0.05, 0.1) is 0 Å². The molecule has 0 fully saturated rings. The van der Waals surface area contributed by atoms with Crippen LogP contribution in [0, 0.1) is 13.8 Å². The number of aryl methyl sites for hydroxylation is 2. The summed E-state index contributed by atoms with van der Waals surface area (Å²) in [7, 11) is 0. The highest BCUT2D eigenvalue weighted by Crippen LogP contribution is 2.41. The summed E-state index contributed by atoms with van der Waals surface area (Å²) < 4.78 is 0. The van der Waals surface area contributed by atoms with E-state index in [1.807, 2.05) is 58.9 Å². The first-order valence-corrected chi connectivity index (χ1v) is 8.12. The van der Waals surface area contributed by atoms with Crippen LogP contribution in [-0.2, 0) is 0 Å². The van der Waals surface area contributed by atoms with E-state index in [-0.39, 0.29) is 17.4 Å². The van der Waals surface area contributed by atoms with Gasteiger partial charge in [-0.15, -0.1) is 0 Å². The van der Waals surface area contributed by atoms with Crippen LogP contribution >= 0.6 is 0 Å². The van der Waals surface area contributed by atoms with Crippen molar-refractivity contribution < 1.29 is 10.2 Å². The van der Waals surface area contributed by atoms with Crippen LogP contribution in [-0.4, -0.2) is 10.2 Å². The number of aromatic hydroxyl groups is 2. The molecule has 2 nitrogen and oxygen atoms in total. The zero-order valence-corrected chi connectivity index (χ0v) is 15.2. The molecule has 0 saturated carbocycles. The van der Waals surface area contributed by atoms with Gasteiger partial charge in [0, 0.05) is 28.2 Å². The second-order valence-electron chi connectivity index (χ2n) is 6.78. The van der Waals surface area contributed by atoms with Crippen LogP contribution in [0.2, 0.25) is 0 Å². The number of phenols is 2. The Morgan fingerprint density at radius 3 is 1.42 bits per heavy atom. The van der Waals surface area contributed by atoms with Crippen LogP contribution in [0.3, 0.4) is 0 Å². The molecule has 0 saturated heterocycles. The van der Waals surface area contributed by atoms with Crippen molar-refractivity contribution in [2.75, 3.05) is 0 Å². The molecule has 0 amide bonds. The topological polar surface area (TPSA) is 40.5 Å². The third kappa shape index (κ3) is 3.23. The fourth-order valence-corrected chi connectivity index (χ4v) is 3.09. The van der Waals surface area contributed by atoms with Gasteiger partial charge in [-0.3, -0.25) is 0 Å². The van der Waals surface area contributed by atoms with Crippen molar-refractivity contribution in [1.82, 2.24) is 0 Å². The highest BCUT2D eigenvalue weighted by atomic mass is 16.3. The SMILES string of the molecule is C=C(C)c1cc(C)cc(C(C)c2cc(C)cc(C(=C)C)c2O)c1O. The van der Waals surface area contributed by atoms with E-state index in [9.17, 15) is 10.2 Å². The number of benzene rings is 2. The minimum atomic E-state index is -0.152. The summed E-state index contributed by atoms with van der Waals surface area (Å²) in [5.41, 5.74) is 6.85. The molecule has 0 heterocycles. The number of rotatable bonds is 4. The molecule has 2 N–H and O–H groups in total. The van der Waals surface area contributed by atoms with Gasteiger partial charge in [-0.25, -0.2) is 0 Å². The monoisotopic (exact) mass is 322 g/mol. The second-order valence-corrected chi connectivity index (χ2v) is 6.78. The number of phenolic OH excluding ortho intramolecular Hbond substituents is 2. The third-order valence-electron chi connectivity index (χ3n) is 4.42. The maximum atomic E-state index is 10.7. The molecule has 2 aromatic rings. The van der Waals surface area contributed by atoms with Gasteiger partial charge in [0.2, 0.25) is 0 Å². The summed E-state index contributed by atoms with van der Waals surface area (Å²) in [5.74, 6) is 0.317. The van der Waals surface area contributed by atoms with Crippen LogP contribution in [0.15, 0.2) is 37.4 Å². The molecule has 0 aliphatic heterocycles. The zero-order chi connectivity index (χ0) is 18.2. The molecule has 2 heteroatoms. The lowest BCUT2D eigenvalue weighted by molar-refractivity contribution is 0.454. The summed E-state index contributed by atoms with van der Waals surface area (Å²) >= 11 is 0. The molecular weight excluding hydrogens is 296 g/mol. The maximum Gasteiger partial charge on any atom is 0.126 e. The minimum Gasteiger partial charge on any atom is -0.507 e. The number of allylic oxidation sites excluding steroid dienone is 2. The van der Waals surface area contributed by atoms with Crippen molar-refractivity contribution in [3.8, 4) is 11.5 Å². The average molecular weight is 322 g/mol. The molecule has 0 aromatic heterocycles. The van der Waals surface area contributed by atoms with Crippen molar-refractivity contribution in [2.24, 2.45) is 0 Å². The molecular formula is C22H26O2. The van der Waals surface area contributed by atoms with Gasteiger partial charge in [-0.2, -0.15) is 0 Å². The van der Waals surface area contributed by atoms with Crippen molar-refractivity contribution in [1.29, 1.82) is 0 Å². The Morgan fingerprint density at radius 2 is 1.12 bits per heavy atom. The Balaban J connectivity index is 2.68. The summed E-state index contributed by atoms with van der Waals surface area (Å²) in [6.07, 6.45) is 0. The smallest absolute Gasteiger partial charge is 0.126 e. The van der Waals surface area contributed by atoms with Crippen molar-refractivity contribution in [3.63, 3.8) is 0 Å². The van der Waals surface area contributed by atoms with Gasteiger partial charge < -0.3 is 10.2 Å². The normalized spacial score (nSPS) is 10.9. The Hall–Kier alpha value is -2.48. The summed E-state index contributed by atoms with van der Waals surface area (Å²) in [6.45, 7) is 17.6. The van der Waals surface area contributed by atoms with E-state index in [1.165, 1.54) is 0 Å². The maximum absolute atomic E-state index is 10.7. The zero-order valence-electron chi connectivity index (χ0n) is 15.2. The van der Waals surface area contributed by atoms with Crippen LogP contribution in [0.25, 0.3) is 11.1 Å². The summed E-state index contributed by atoms with van der Waals surface area (Å²) in [5, 5.41) is 21.4. The lowest BCUT2D eigenvalue weighted by Gasteiger charge is -2.21. The Morgan fingerprint density at radius 1 is 0.792 bits per heavy atom. The Labute approximate surface area is 144 Å². The van der Waals surface area contributed by atoms with E-state index in [1.54, 1.807) is 0 Å². The average Bonchev–Trinajstić information content (AvgIpc) is 2.49. The molecule has 2 aromatic carbocycles. The van der Waals surface area contributed by atoms with Gasteiger partial charge in [0.25, 0.3) is 0 Å². The molecule has 0 aliphatic carbocycles. The van der Waals surface area contributed by atoms with Gasteiger partial charge in [-0.05, 0) is 62.1 Å². The Kier molecular flexibility index (Phi) is 4.88. The highest BCUT2D eigenvalue weighted by Gasteiger charge is 2.21. The second kappa shape index (κ2) is 6.56. The number of hydrogen-bond acceptors (Lipinski definition) is 2. The van der Waals surface area contributed by atoms with Crippen LogP contribution in [0.1, 0.15) is 60.1 Å². The molecule has 2 rings (SSSR count).